The second-order valence-electron chi connectivity index (χ2n) is 16.0. The van der Waals surface area contributed by atoms with Gasteiger partial charge < -0.3 is 0 Å². The van der Waals surface area contributed by atoms with Gasteiger partial charge >= 0.3 is 0 Å². The van der Waals surface area contributed by atoms with E-state index < -0.39 is 0 Å². The predicted molar refractivity (Wildman–Crippen MR) is 268 cm³/mol. The standard InChI is InChI=1S/C14H14.3C8H10.2C7H9N.C6H8N2/c1-11-5-3-7-13(9-11)14-8-4-6-12(2)10-14;1-7-3-5-8(2)6-4-7;1-7-4-3-5-8(2)6-7;1-7-5-3-4-6-8(7)2;1-6-3-7(2)5-8-4-6;1-6-3-4-7(2)8-5-6;1-5-3-7-6(2)8-4-5/h3-10H,1-2H3;3*3-6H,1-2H3;2*3-5H,1-2H3;3-4H,1-2H3. The van der Waals surface area contributed by atoms with Crippen LogP contribution in [0.1, 0.15) is 78.3 Å². The summed E-state index contributed by atoms with van der Waals surface area (Å²) < 4.78 is 0. The molecule has 0 radical (unpaired) electrons. The van der Waals surface area contributed by atoms with Crippen LogP contribution < -0.4 is 0 Å². The average Bonchev–Trinajstić information content (AvgIpc) is 3.24. The molecule has 0 aliphatic rings. The van der Waals surface area contributed by atoms with Crippen molar-refractivity contribution in [2.45, 2.75) is 96.9 Å². The molecular formula is C58H70N4. The second kappa shape index (κ2) is 28.9. The van der Waals surface area contributed by atoms with Crippen LogP contribution in [0.2, 0.25) is 0 Å². The van der Waals surface area contributed by atoms with E-state index in [0.29, 0.717) is 0 Å². The maximum atomic E-state index is 4.08. The Hall–Kier alpha value is -6.52. The van der Waals surface area contributed by atoms with Gasteiger partial charge in [0.1, 0.15) is 5.82 Å². The Morgan fingerprint density at radius 3 is 0.919 bits per heavy atom. The zero-order valence-electron chi connectivity index (χ0n) is 40.0. The summed E-state index contributed by atoms with van der Waals surface area (Å²) in [4.78, 5) is 16.0. The molecule has 0 unspecified atom stereocenters. The summed E-state index contributed by atoms with van der Waals surface area (Å²) in [5.41, 5.74) is 19.1. The van der Waals surface area contributed by atoms with E-state index in [9.17, 15) is 0 Å². The molecule has 8 rings (SSSR count). The monoisotopic (exact) mass is 823 g/mol. The van der Waals surface area contributed by atoms with Crippen LogP contribution >= 0.6 is 0 Å². The van der Waals surface area contributed by atoms with Gasteiger partial charge in [-0.05, 0) is 148 Å². The first-order valence-corrected chi connectivity index (χ1v) is 21.3. The smallest absolute Gasteiger partial charge is 0.125 e. The highest BCUT2D eigenvalue weighted by Crippen LogP contribution is 2.21. The third kappa shape index (κ3) is 23.9. The van der Waals surface area contributed by atoms with Crippen molar-refractivity contribution >= 4 is 0 Å². The van der Waals surface area contributed by atoms with Crippen molar-refractivity contribution < 1.29 is 0 Å². The minimum Gasteiger partial charge on any atom is -0.264 e. The number of nitrogens with zero attached hydrogens (tertiary/aromatic N) is 4. The predicted octanol–water partition coefficient (Wildman–Crippen LogP) is 15.4. The largest absolute Gasteiger partial charge is 0.264 e. The highest BCUT2D eigenvalue weighted by atomic mass is 14.8. The zero-order valence-corrected chi connectivity index (χ0v) is 40.0. The van der Waals surface area contributed by atoms with Crippen LogP contribution in [-0.4, -0.2) is 19.9 Å². The lowest BCUT2D eigenvalue weighted by atomic mass is 10.0. The number of pyridine rings is 2. The SMILES string of the molecule is Cc1ccc(C)cc1.Cc1ccc(C)nc1.Cc1cccc(-c2cccc(C)c2)c1.Cc1cccc(C)c1.Cc1ccccc1C.Cc1cnc(C)nc1.Cc1cncc(C)c1. The summed E-state index contributed by atoms with van der Waals surface area (Å²) in [5, 5.41) is 0. The van der Waals surface area contributed by atoms with Gasteiger partial charge in [-0.25, -0.2) is 9.97 Å². The van der Waals surface area contributed by atoms with Gasteiger partial charge in [0.15, 0.2) is 0 Å². The van der Waals surface area contributed by atoms with Crippen LogP contribution in [0.25, 0.3) is 11.1 Å². The fourth-order valence-electron chi connectivity index (χ4n) is 5.46. The van der Waals surface area contributed by atoms with Crippen molar-refractivity contribution in [1.82, 2.24) is 19.9 Å². The summed E-state index contributed by atoms with van der Waals surface area (Å²) >= 11 is 0. The molecule has 0 N–H and O–H groups in total. The zero-order chi connectivity index (χ0) is 45.9. The third-order valence-electron chi connectivity index (χ3n) is 9.17. The first-order chi connectivity index (χ1) is 29.5. The number of hydrogen-bond donors (Lipinski definition) is 0. The van der Waals surface area contributed by atoms with Crippen LogP contribution in [0.5, 0.6) is 0 Å². The molecule has 0 bridgehead atoms. The highest BCUT2D eigenvalue weighted by Gasteiger charge is 1.97. The van der Waals surface area contributed by atoms with E-state index in [0.717, 1.165) is 17.1 Å². The van der Waals surface area contributed by atoms with Crippen molar-refractivity contribution in [3.8, 4) is 11.1 Å². The van der Waals surface area contributed by atoms with E-state index in [1.807, 2.05) is 78.6 Å². The van der Waals surface area contributed by atoms with Crippen molar-refractivity contribution in [2.24, 2.45) is 0 Å². The molecule has 0 spiro atoms. The Morgan fingerprint density at radius 1 is 0.258 bits per heavy atom. The van der Waals surface area contributed by atoms with Crippen molar-refractivity contribution in [2.75, 3.05) is 0 Å². The number of benzene rings is 5. The molecular weight excluding hydrogens is 753 g/mol. The van der Waals surface area contributed by atoms with Gasteiger partial charge in [0.25, 0.3) is 0 Å². The molecule has 0 atom stereocenters. The molecule has 322 valence electrons. The number of hydrogen-bond acceptors (Lipinski definition) is 4. The van der Waals surface area contributed by atoms with Crippen LogP contribution in [-0.2, 0) is 0 Å². The molecule has 0 amide bonds. The van der Waals surface area contributed by atoms with Gasteiger partial charge in [0, 0.05) is 36.7 Å². The van der Waals surface area contributed by atoms with E-state index in [2.05, 4.69) is 209 Å². The highest BCUT2D eigenvalue weighted by molar-refractivity contribution is 5.64. The second-order valence-corrected chi connectivity index (χ2v) is 16.0. The minimum absolute atomic E-state index is 0.829. The first kappa shape index (κ1) is 51.6. The van der Waals surface area contributed by atoms with E-state index in [4.69, 9.17) is 0 Å². The maximum Gasteiger partial charge on any atom is 0.125 e. The molecule has 0 saturated heterocycles. The summed E-state index contributed by atoms with van der Waals surface area (Å²) in [7, 11) is 0. The fourth-order valence-corrected chi connectivity index (χ4v) is 5.46. The molecule has 5 aromatic carbocycles. The molecule has 4 heteroatoms. The van der Waals surface area contributed by atoms with Gasteiger partial charge in [0.2, 0.25) is 0 Å². The first-order valence-electron chi connectivity index (χ1n) is 21.3. The molecule has 3 aromatic heterocycles. The Balaban J connectivity index is 0.000000252. The Labute approximate surface area is 375 Å². The third-order valence-corrected chi connectivity index (χ3v) is 9.17. The van der Waals surface area contributed by atoms with E-state index in [-0.39, 0.29) is 0 Å². The molecule has 0 aliphatic heterocycles. The molecule has 0 aliphatic carbocycles. The molecule has 8 aromatic rings. The molecule has 3 heterocycles. The van der Waals surface area contributed by atoms with Crippen molar-refractivity contribution in [1.29, 1.82) is 0 Å². The lowest BCUT2D eigenvalue weighted by molar-refractivity contribution is 1.03. The van der Waals surface area contributed by atoms with Crippen LogP contribution in [0.4, 0.5) is 0 Å². The van der Waals surface area contributed by atoms with E-state index in [1.165, 1.54) is 72.3 Å². The fraction of sp³-hybridized carbons (Fsp3) is 0.241. The summed E-state index contributed by atoms with van der Waals surface area (Å²) in [5.74, 6) is 0.829. The van der Waals surface area contributed by atoms with Crippen LogP contribution in [0.15, 0.2) is 171 Å². The summed E-state index contributed by atoms with van der Waals surface area (Å²) in [6, 6.07) is 48.7. The van der Waals surface area contributed by atoms with Gasteiger partial charge in [-0.3, -0.25) is 9.97 Å². The van der Waals surface area contributed by atoms with Crippen molar-refractivity contribution in [3.63, 3.8) is 0 Å². The Bertz CT molecular complexity index is 2120. The number of rotatable bonds is 1. The summed E-state index contributed by atoms with van der Waals surface area (Å²) in [6.45, 7) is 28.8. The maximum absolute atomic E-state index is 4.08. The molecule has 62 heavy (non-hydrogen) atoms. The lowest BCUT2D eigenvalue weighted by Crippen LogP contribution is -1.84. The minimum atomic E-state index is 0.829. The number of aromatic nitrogens is 4. The van der Waals surface area contributed by atoms with Crippen LogP contribution in [0, 0.1) is 96.9 Å². The molecule has 0 fully saturated rings. The van der Waals surface area contributed by atoms with Gasteiger partial charge in [-0.2, -0.15) is 0 Å². The van der Waals surface area contributed by atoms with E-state index >= 15 is 0 Å². The van der Waals surface area contributed by atoms with Gasteiger partial charge in [0.05, 0.1) is 0 Å². The quantitative estimate of drug-likeness (QED) is 0.165. The van der Waals surface area contributed by atoms with Crippen LogP contribution in [0.3, 0.4) is 0 Å². The van der Waals surface area contributed by atoms with E-state index in [1.54, 1.807) is 0 Å². The number of aryl methyl sites for hydroxylation is 14. The lowest BCUT2D eigenvalue weighted by Gasteiger charge is -2.03. The average molecular weight is 823 g/mol. The molecule has 4 nitrogen and oxygen atoms in total. The molecule has 0 saturated carbocycles. The van der Waals surface area contributed by atoms with Gasteiger partial charge in [-0.1, -0.05) is 167 Å². The Kier molecular flexibility index (Phi) is 24.0. The normalized spacial score (nSPS) is 9.45. The van der Waals surface area contributed by atoms with Gasteiger partial charge in [-0.15, -0.1) is 0 Å². The van der Waals surface area contributed by atoms with Crippen molar-refractivity contribution in [3.05, 3.63) is 249 Å². The summed E-state index contributed by atoms with van der Waals surface area (Å²) in [6.07, 6.45) is 9.19. The topological polar surface area (TPSA) is 51.6 Å². The Morgan fingerprint density at radius 2 is 0.629 bits per heavy atom.